The van der Waals surface area contributed by atoms with Crippen LogP contribution in [-0.2, 0) is 42.7 Å². The van der Waals surface area contributed by atoms with E-state index in [1.54, 1.807) is 60.6 Å². The Balaban J connectivity index is 0.000000895. The van der Waals surface area contributed by atoms with E-state index in [0.717, 1.165) is 0 Å². The van der Waals surface area contributed by atoms with Crippen molar-refractivity contribution in [2.45, 2.75) is 179 Å². The second kappa shape index (κ2) is 22.5. The topological polar surface area (TPSA) is 251 Å². The van der Waals surface area contributed by atoms with Gasteiger partial charge in [-0.1, -0.05) is 27.7 Å². The average Bonchev–Trinajstić information content (AvgIpc) is 3.24. The van der Waals surface area contributed by atoms with Gasteiger partial charge in [0.05, 0.1) is 47.6 Å². The highest BCUT2D eigenvalue weighted by atomic mass is 16.7. The van der Waals surface area contributed by atoms with Gasteiger partial charge >= 0.3 is 5.97 Å². The lowest BCUT2D eigenvalue weighted by Gasteiger charge is -2.50. The number of nitrogens with one attached hydrogen (secondary N) is 1. The third-order valence-electron chi connectivity index (χ3n) is 13.3. The number of aromatic nitrogens is 1. The number of ketones is 1. The number of carbonyl (C=O) groups excluding carboxylic acids is 3. The maximum absolute atomic E-state index is 14.2. The molecule has 0 bridgehead atoms. The Kier molecular flexibility index (Phi) is 19.4. The molecule has 7 N–H and O–H groups in total. The molecule has 0 radical (unpaired) electrons. The molecule has 356 valence electrons. The molecule has 0 spiro atoms. The lowest BCUT2D eigenvalue weighted by atomic mass is 9.74. The molecule has 1 aromatic heterocycles. The molecule has 18 heteroatoms. The van der Waals surface area contributed by atoms with Gasteiger partial charge in [-0.3, -0.25) is 24.8 Å². The number of ether oxygens (including phenoxy) is 7. The number of cyclic esters (lactones) is 1. The number of nitrogens with zero attached hydrogens (tertiary/aromatic N) is 2. The summed E-state index contributed by atoms with van der Waals surface area (Å²) in [5, 5.41) is 45.6. The molecule has 0 aliphatic carbocycles. The predicted molar refractivity (Wildman–Crippen MR) is 227 cm³/mol. The number of carbonyl (C=O) groups is 3. The Morgan fingerprint density at radius 1 is 0.919 bits per heavy atom. The van der Waals surface area contributed by atoms with Crippen molar-refractivity contribution in [2.24, 2.45) is 29.5 Å². The number of aliphatic hydroxyl groups is 4. The summed E-state index contributed by atoms with van der Waals surface area (Å²) in [6.45, 7) is 17.1. The highest BCUT2D eigenvalue weighted by Crippen LogP contribution is 2.42. The van der Waals surface area contributed by atoms with Crippen molar-refractivity contribution < 1.29 is 68.0 Å². The van der Waals surface area contributed by atoms with E-state index in [9.17, 15) is 34.8 Å². The summed E-state index contributed by atoms with van der Waals surface area (Å²) in [4.78, 5) is 44.6. The van der Waals surface area contributed by atoms with Crippen molar-refractivity contribution in [3.05, 3.63) is 30.1 Å². The molecular weight excluding hydrogens is 808 g/mol. The molecule has 4 rings (SSSR count). The highest BCUT2D eigenvalue weighted by Gasteiger charge is 2.54. The first kappa shape index (κ1) is 53.6. The molecule has 1 amide bonds. The lowest BCUT2D eigenvalue weighted by molar-refractivity contribution is -0.319. The number of rotatable bonds is 9. The van der Waals surface area contributed by atoms with E-state index >= 15 is 0 Å². The van der Waals surface area contributed by atoms with Gasteiger partial charge in [-0.25, -0.2) is 5.84 Å². The van der Waals surface area contributed by atoms with Crippen molar-refractivity contribution in [2.75, 3.05) is 28.3 Å². The van der Waals surface area contributed by atoms with Crippen molar-refractivity contribution in [1.29, 1.82) is 0 Å². The first-order chi connectivity index (χ1) is 28.8. The van der Waals surface area contributed by atoms with Crippen LogP contribution in [-0.4, -0.2) is 161 Å². The fraction of sp³-hybridized carbons (Fsp3) is 0.818. The summed E-state index contributed by atoms with van der Waals surface area (Å²) in [5.41, 5.74) is -1.72. The third kappa shape index (κ3) is 12.3. The maximum atomic E-state index is 14.2. The van der Waals surface area contributed by atoms with Gasteiger partial charge in [-0.15, -0.1) is 0 Å². The molecule has 0 unspecified atom stereocenters. The fourth-order valence-electron chi connectivity index (χ4n) is 9.17. The Hall–Kier alpha value is -2.72. The SMILES string of the molecule is CC[C@H]1OC(=O)[C@H](C)[C@@H](O[C@H]2C[C@@](C)(OC)[C@@H](O)[C@H](C)O2)[C@H](C)[C@@H](O[C@@H]2O[C@H](C)C[C@H](N(C)C)[C@H]2O)[C@](C)(OC)C[C@@H](C)C(=O)[C@H](C)[C@@H](O)[C@]1(C)O.NNC(=O)c1ccncc1. The number of amides is 1. The standard InChI is InChI=1S/C38H69NO13.C6H7N3O/c1-15-26-38(10,45)31(42)21(4)28(40)19(2)17-37(9,47-14)33(52-35-29(41)25(39(11)12)16-20(3)48-35)22(5)30(23(6)34(44)50-26)51-27-18-36(8,46-13)32(43)24(7)49-27;7-9-6(10)5-1-3-8-4-2-5/h19-27,29-33,35,41-43,45H,15-18H2,1-14H3;1-4H,7H2,(H,9,10)/t19-,20-,21+,22+,23-,24+,25+,26-,27+,29-,30+,31-,32+,33-,35+,36-,37-,38-;/m1./s1. The van der Waals surface area contributed by atoms with E-state index in [4.69, 9.17) is 39.0 Å². The molecule has 1 aromatic rings. The molecule has 3 fully saturated rings. The van der Waals surface area contributed by atoms with Crippen LogP contribution in [0.4, 0.5) is 0 Å². The zero-order valence-corrected chi connectivity index (χ0v) is 39.1. The van der Waals surface area contributed by atoms with Crippen LogP contribution in [0.5, 0.6) is 0 Å². The zero-order chi connectivity index (χ0) is 47.1. The van der Waals surface area contributed by atoms with E-state index in [1.807, 2.05) is 38.3 Å². The first-order valence-corrected chi connectivity index (χ1v) is 21.6. The van der Waals surface area contributed by atoms with Gasteiger partial charge in [-0.05, 0) is 87.0 Å². The number of esters is 1. The first-order valence-electron chi connectivity index (χ1n) is 21.6. The van der Waals surface area contributed by atoms with Crippen LogP contribution in [0.2, 0.25) is 0 Å². The minimum atomic E-state index is -1.96. The largest absolute Gasteiger partial charge is 0.459 e. The van der Waals surface area contributed by atoms with Gasteiger partial charge < -0.3 is 58.5 Å². The number of methoxy groups -OCH3 is 2. The summed E-state index contributed by atoms with van der Waals surface area (Å²) < 4.78 is 43.9. The number of pyridine rings is 1. The molecular formula is C44H76N4O14. The van der Waals surface area contributed by atoms with Crippen LogP contribution in [0.1, 0.15) is 105 Å². The Morgan fingerprint density at radius 2 is 1.52 bits per heavy atom. The van der Waals surface area contributed by atoms with E-state index in [2.05, 4.69) is 4.98 Å². The van der Waals surface area contributed by atoms with Gasteiger partial charge in [-0.2, -0.15) is 0 Å². The quantitative estimate of drug-likeness (QED) is 0.0900. The number of hydrogen-bond donors (Lipinski definition) is 6. The predicted octanol–water partition coefficient (Wildman–Crippen LogP) is 2.12. The molecule has 0 saturated carbocycles. The van der Waals surface area contributed by atoms with Crippen LogP contribution < -0.4 is 11.3 Å². The number of likely N-dealkylation sites (N-methyl/N-ethyl adjacent to an activating group) is 1. The fourth-order valence-corrected chi connectivity index (χ4v) is 9.17. The normalized spacial score (nSPS) is 42.5. The van der Waals surface area contributed by atoms with Crippen LogP contribution >= 0.6 is 0 Å². The molecule has 0 aromatic carbocycles. The van der Waals surface area contributed by atoms with Crippen LogP contribution in [0.3, 0.4) is 0 Å². The van der Waals surface area contributed by atoms with Gasteiger partial charge in [0.15, 0.2) is 12.6 Å². The van der Waals surface area contributed by atoms with Crippen molar-refractivity contribution in [1.82, 2.24) is 15.3 Å². The van der Waals surface area contributed by atoms with Crippen LogP contribution in [0.15, 0.2) is 24.5 Å². The molecule has 18 nitrogen and oxygen atoms in total. The summed E-state index contributed by atoms with van der Waals surface area (Å²) >= 11 is 0. The maximum Gasteiger partial charge on any atom is 0.311 e. The second-order valence-corrected chi connectivity index (χ2v) is 18.3. The summed E-state index contributed by atoms with van der Waals surface area (Å²) in [6.07, 6.45) is -5.67. The van der Waals surface area contributed by atoms with E-state index in [-0.39, 0.29) is 43.1 Å². The smallest absolute Gasteiger partial charge is 0.311 e. The minimum Gasteiger partial charge on any atom is -0.459 e. The van der Waals surface area contributed by atoms with Crippen LogP contribution in [0.25, 0.3) is 0 Å². The number of nitrogens with two attached hydrogens (primary N) is 1. The molecule has 3 saturated heterocycles. The summed E-state index contributed by atoms with van der Waals surface area (Å²) in [7, 11) is 6.77. The lowest BCUT2D eigenvalue weighted by Crippen LogP contribution is -2.61. The second-order valence-electron chi connectivity index (χ2n) is 18.3. The third-order valence-corrected chi connectivity index (χ3v) is 13.3. The summed E-state index contributed by atoms with van der Waals surface area (Å²) in [5.74, 6) is 0.111. The summed E-state index contributed by atoms with van der Waals surface area (Å²) in [6, 6.07) is 2.89. The van der Waals surface area contributed by atoms with Gasteiger partial charge in [0.2, 0.25) is 0 Å². The van der Waals surface area contributed by atoms with Gasteiger partial charge in [0, 0.05) is 62.4 Å². The van der Waals surface area contributed by atoms with E-state index in [0.29, 0.717) is 12.0 Å². The van der Waals surface area contributed by atoms with E-state index < -0.39 is 102 Å². The average molecular weight is 885 g/mol. The highest BCUT2D eigenvalue weighted by molar-refractivity contribution is 5.93. The van der Waals surface area contributed by atoms with Gasteiger partial charge in [0.25, 0.3) is 5.91 Å². The van der Waals surface area contributed by atoms with Gasteiger partial charge in [0.1, 0.15) is 29.7 Å². The Labute approximate surface area is 367 Å². The zero-order valence-electron chi connectivity index (χ0n) is 39.1. The number of hydrazine groups is 1. The number of nitrogen functional groups attached to an aromatic ring is 1. The number of hydrogen-bond acceptors (Lipinski definition) is 17. The Bertz CT molecular complexity index is 1590. The van der Waals surface area contributed by atoms with Crippen molar-refractivity contribution >= 4 is 17.7 Å². The number of Topliss-reactive ketones (excluding diaryl/α,β-unsaturated/α-hetero) is 1. The molecule has 4 heterocycles. The molecule has 3 aliphatic heterocycles. The van der Waals surface area contributed by atoms with Crippen molar-refractivity contribution in [3.8, 4) is 0 Å². The molecule has 62 heavy (non-hydrogen) atoms. The number of aliphatic hydroxyl groups excluding tert-OH is 3. The Morgan fingerprint density at radius 3 is 2.05 bits per heavy atom. The van der Waals surface area contributed by atoms with Crippen molar-refractivity contribution in [3.63, 3.8) is 0 Å². The van der Waals surface area contributed by atoms with Crippen LogP contribution in [0, 0.1) is 23.7 Å². The molecule has 3 aliphatic rings. The van der Waals surface area contributed by atoms with E-state index in [1.165, 1.54) is 33.5 Å². The monoisotopic (exact) mass is 885 g/mol. The minimum absolute atomic E-state index is 0.111. The molecule has 18 atom stereocenters.